The molecule has 0 aromatic heterocycles. The highest BCUT2D eigenvalue weighted by molar-refractivity contribution is 6.21. The van der Waals surface area contributed by atoms with E-state index in [1.807, 2.05) is 5.43 Å². The summed E-state index contributed by atoms with van der Waals surface area (Å²) in [5.74, 6) is -1.53. The molecule has 100 valence electrons. The zero-order chi connectivity index (χ0) is 14.1. The molecule has 0 saturated carbocycles. The molecule has 0 bridgehead atoms. The maximum Gasteiger partial charge on any atom is 0.427 e. The summed E-state index contributed by atoms with van der Waals surface area (Å²) < 4.78 is 13.1. The van der Waals surface area contributed by atoms with Gasteiger partial charge in [0.25, 0.3) is 0 Å². The third kappa shape index (κ3) is 5.10. The van der Waals surface area contributed by atoms with Crippen LogP contribution in [0.3, 0.4) is 0 Å². The van der Waals surface area contributed by atoms with Crippen molar-refractivity contribution in [3.8, 4) is 0 Å². The van der Waals surface area contributed by atoms with E-state index in [0.717, 1.165) is 27.4 Å². The molecule has 0 unspecified atom stereocenters. The monoisotopic (exact) mass is 258 g/mol. The molecule has 0 radical (unpaired) electrons. The van der Waals surface area contributed by atoms with Crippen LogP contribution in [0.25, 0.3) is 0 Å². The second-order valence-corrected chi connectivity index (χ2v) is 2.87. The molecule has 0 fully saturated rings. The molecular weight excluding hydrogens is 244 g/mol. The van der Waals surface area contributed by atoms with Crippen LogP contribution in [0.15, 0.2) is 16.8 Å². The highest BCUT2D eigenvalue weighted by Gasteiger charge is 2.16. The number of rotatable bonds is 4. The minimum absolute atomic E-state index is 0.0673. The zero-order valence-corrected chi connectivity index (χ0v) is 10.5. The molecule has 0 aliphatic rings. The first-order valence-corrected chi connectivity index (χ1v) is 4.72. The van der Waals surface area contributed by atoms with Gasteiger partial charge in [-0.25, -0.2) is 19.8 Å². The average Bonchev–Trinajstić information content (AvgIpc) is 2.40. The number of carbonyl (C=O) groups is 3. The molecule has 1 N–H and O–H groups in total. The Morgan fingerprint density at radius 1 is 1.06 bits per heavy atom. The van der Waals surface area contributed by atoms with Gasteiger partial charge < -0.3 is 14.2 Å². The fourth-order valence-corrected chi connectivity index (χ4v) is 0.833. The van der Waals surface area contributed by atoms with E-state index in [-0.39, 0.29) is 11.3 Å². The van der Waals surface area contributed by atoms with Crippen molar-refractivity contribution in [2.45, 2.75) is 6.92 Å². The van der Waals surface area contributed by atoms with Crippen LogP contribution in [0.2, 0.25) is 0 Å². The molecule has 18 heavy (non-hydrogen) atoms. The average molecular weight is 258 g/mol. The maximum absolute atomic E-state index is 11.4. The number of ether oxygens (including phenoxy) is 3. The van der Waals surface area contributed by atoms with Gasteiger partial charge in [0, 0.05) is 6.08 Å². The van der Waals surface area contributed by atoms with Crippen molar-refractivity contribution in [2.24, 2.45) is 5.10 Å². The van der Waals surface area contributed by atoms with Crippen molar-refractivity contribution in [3.63, 3.8) is 0 Å². The van der Waals surface area contributed by atoms with Gasteiger partial charge in [0.2, 0.25) is 0 Å². The fourth-order valence-electron chi connectivity index (χ4n) is 0.833. The minimum atomic E-state index is -0.809. The van der Waals surface area contributed by atoms with Crippen molar-refractivity contribution >= 4 is 23.7 Å². The second kappa shape index (κ2) is 7.82. The summed E-state index contributed by atoms with van der Waals surface area (Å²) in [6.07, 6.45) is 0.0977. The Kier molecular flexibility index (Phi) is 6.79. The number of esters is 2. The van der Waals surface area contributed by atoms with Crippen LogP contribution in [0.5, 0.6) is 0 Å². The minimum Gasteiger partial charge on any atom is -0.466 e. The van der Waals surface area contributed by atoms with Gasteiger partial charge in [0.05, 0.1) is 32.6 Å². The Morgan fingerprint density at radius 2 is 1.67 bits per heavy atom. The third-order valence-corrected chi connectivity index (χ3v) is 1.76. The standard InChI is InChI=1S/C10H14N2O6/c1-6(11-12-10(15)18-4)7(9(14)17-3)5-8(13)16-2/h5H,1-4H3,(H,12,15). The summed E-state index contributed by atoms with van der Waals surface area (Å²) >= 11 is 0. The van der Waals surface area contributed by atoms with Gasteiger partial charge in [-0.2, -0.15) is 5.10 Å². The van der Waals surface area contributed by atoms with E-state index in [9.17, 15) is 14.4 Å². The number of hydrogen-bond acceptors (Lipinski definition) is 7. The summed E-state index contributed by atoms with van der Waals surface area (Å²) in [4.78, 5) is 33.3. The third-order valence-electron chi connectivity index (χ3n) is 1.76. The topological polar surface area (TPSA) is 103 Å². The first-order chi connectivity index (χ1) is 8.46. The Balaban J connectivity index is 5.08. The summed E-state index contributed by atoms with van der Waals surface area (Å²) in [5, 5.41) is 3.57. The van der Waals surface area contributed by atoms with E-state index in [1.54, 1.807) is 0 Å². The highest BCUT2D eigenvalue weighted by atomic mass is 16.5. The van der Waals surface area contributed by atoms with Crippen molar-refractivity contribution in [2.75, 3.05) is 21.3 Å². The smallest absolute Gasteiger partial charge is 0.427 e. The van der Waals surface area contributed by atoms with Crippen molar-refractivity contribution < 1.29 is 28.6 Å². The van der Waals surface area contributed by atoms with Gasteiger partial charge in [0.1, 0.15) is 0 Å². The van der Waals surface area contributed by atoms with Gasteiger partial charge >= 0.3 is 18.0 Å². The van der Waals surface area contributed by atoms with E-state index in [4.69, 9.17) is 0 Å². The molecule has 0 rings (SSSR count). The number of hydrogen-bond donors (Lipinski definition) is 1. The Bertz CT molecular complexity index is 399. The molecule has 0 saturated heterocycles. The van der Waals surface area contributed by atoms with Crippen LogP contribution in [-0.2, 0) is 23.8 Å². The van der Waals surface area contributed by atoms with Crippen molar-refractivity contribution in [1.82, 2.24) is 5.43 Å². The maximum atomic E-state index is 11.4. The number of nitrogens with one attached hydrogen (secondary N) is 1. The summed E-state index contributed by atoms with van der Waals surface area (Å²) in [7, 11) is 3.47. The summed E-state index contributed by atoms with van der Waals surface area (Å²) in [6.45, 7) is 1.40. The van der Waals surface area contributed by atoms with Crippen molar-refractivity contribution in [1.29, 1.82) is 0 Å². The predicted molar refractivity (Wildman–Crippen MR) is 60.8 cm³/mol. The van der Waals surface area contributed by atoms with Crippen LogP contribution in [0.1, 0.15) is 6.92 Å². The largest absolute Gasteiger partial charge is 0.466 e. The molecule has 0 spiro atoms. The number of nitrogens with zero attached hydrogens (tertiary/aromatic N) is 1. The lowest BCUT2D eigenvalue weighted by molar-refractivity contribution is -0.138. The molecule has 0 aromatic rings. The molecule has 1 amide bonds. The molecule has 0 atom stereocenters. The molecule has 0 aromatic carbocycles. The van der Waals surface area contributed by atoms with Crippen LogP contribution >= 0.6 is 0 Å². The molecule has 8 nitrogen and oxygen atoms in total. The molecule has 0 heterocycles. The Morgan fingerprint density at radius 3 is 2.11 bits per heavy atom. The van der Waals surface area contributed by atoms with Crippen LogP contribution < -0.4 is 5.43 Å². The SMILES string of the molecule is COC(=O)C=C(C(=O)OC)C(C)=NNC(=O)OC. The van der Waals surface area contributed by atoms with Crippen LogP contribution in [0, 0.1) is 0 Å². The van der Waals surface area contributed by atoms with Gasteiger partial charge in [-0.05, 0) is 6.92 Å². The zero-order valence-electron chi connectivity index (χ0n) is 10.5. The molecule has 0 aliphatic heterocycles. The normalized spacial score (nSPS) is 11.6. The van der Waals surface area contributed by atoms with E-state index in [1.165, 1.54) is 6.92 Å². The van der Waals surface area contributed by atoms with E-state index in [2.05, 4.69) is 19.3 Å². The lowest BCUT2D eigenvalue weighted by atomic mass is 10.1. The predicted octanol–water partition coefficient (Wildman–Crippen LogP) is -0.00930. The number of amides is 1. The fraction of sp³-hybridized carbons (Fsp3) is 0.400. The van der Waals surface area contributed by atoms with E-state index >= 15 is 0 Å². The molecule has 8 heteroatoms. The first-order valence-electron chi connectivity index (χ1n) is 4.72. The van der Waals surface area contributed by atoms with Crippen LogP contribution in [0.4, 0.5) is 4.79 Å². The molecule has 0 aliphatic carbocycles. The van der Waals surface area contributed by atoms with Gasteiger partial charge in [-0.3, -0.25) is 0 Å². The lowest BCUT2D eigenvalue weighted by Crippen LogP contribution is -2.21. The van der Waals surface area contributed by atoms with Gasteiger partial charge in [0.15, 0.2) is 0 Å². The van der Waals surface area contributed by atoms with Crippen molar-refractivity contribution in [3.05, 3.63) is 11.6 Å². The van der Waals surface area contributed by atoms with Crippen LogP contribution in [-0.4, -0.2) is 45.1 Å². The van der Waals surface area contributed by atoms with E-state index in [0.29, 0.717) is 0 Å². The molecular formula is C10H14N2O6. The first kappa shape index (κ1) is 15.6. The number of hydrazone groups is 1. The number of carbonyl (C=O) groups excluding carboxylic acids is 3. The summed E-state index contributed by atoms with van der Waals surface area (Å²) in [5.41, 5.74) is 1.94. The van der Waals surface area contributed by atoms with E-state index < -0.39 is 18.0 Å². The Hall–Kier alpha value is -2.38. The number of methoxy groups -OCH3 is 3. The van der Waals surface area contributed by atoms with Gasteiger partial charge in [-0.15, -0.1) is 0 Å². The summed E-state index contributed by atoms with van der Waals surface area (Å²) in [6, 6.07) is 0. The van der Waals surface area contributed by atoms with Gasteiger partial charge in [-0.1, -0.05) is 0 Å². The second-order valence-electron chi connectivity index (χ2n) is 2.87. The Labute approximate surface area is 104 Å². The highest BCUT2D eigenvalue weighted by Crippen LogP contribution is 2.02. The quantitative estimate of drug-likeness (QED) is 0.250. The lowest BCUT2D eigenvalue weighted by Gasteiger charge is -2.05.